The summed E-state index contributed by atoms with van der Waals surface area (Å²) in [4.78, 5) is 25.4. The molecule has 1 saturated carbocycles. The number of carbonyl (C=O) groups excluding carboxylic acids is 1. The lowest BCUT2D eigenvalue weighted by Crippen LogP contribution is -2.50. The highest BCUT2D eigenvalue weighted by molar-refractivity contribution is 5.83. The first kappa shape index (κ1) is 13.9. The molecular weight excluding hydrogens is 274 g/mol. The van der Waals surface area contributed by atoms with Gasteiger partial charge in [0, 0.05) is 12.1 Å². The molecule has 0 bridgehead atoms. The number of likely N-dealkylation sites (tertiary alicyclic amines) is 1. The van der Waals surface area contributed by atoms with Crippen molar-refractivity contribution in [2.24, 2.45) is 5.92 Å². The van der Waals surface area contributed by atoms with Gasteiger partial charge in [0.25, 0.3) is 0 Å². The summed E-state index contributed by atoms with van der Waals surface area (Å²) in [5, 5.41) is 15.9. The zero-order valence-corrected chi connectivity index (χ0v) is 11.7. The van der Waals surface area contributed by atoms with Gasteiger partial charge in [-0.05, 0) is 25.2 Å². The minimum Gasteiger partial charge on any atom is -0.480 e. The monoisotopic (exact) mass is 293 g/mol. The zero-order chi connectivity index (χ0) is 14.8. The van der Waals surface area contributed by atoms with Gasteiger partial charge in [0.2, 0.25) is 0 Å². The number of hydrogen-bond donors (Lipinski definition) is 2. The molecule has 1 saturated heterocycles. The lowest BCUT2D eigenvalue weighted by Gasteiger charge is -2.32. The van der Waals surface area contributed by atoms with Crippen LogP contribution >= 0.6 is 0 Å². The first-order valence-electron chi connectivity index (χ1n) is 7.35. The van der Waals surface area contributed by atoms with Crippen molar-refractivity contribution in [1.82, 2.24) is 15.4 Å². The molecule has 2 amide bonds. The number of aromatic nitrogens is 1. The number of hydrogen-bond acceptors (Lipinski definition) is 4. The summed E-state index contributed by atoms with van der Waals surface area (Å²) in [5.74, 6) is -0.598. The topological polar surface area (TPSA) is 95.7 Å². The Morgan fingerprint density at radius 2 is 2.24 bits per heavy atom. The Kier molecular flexibility index (Phi) is 3.81. The SMILES string of the molecule is O=C(O)C1CC2CCCCC2N1C(=O)NCc1ccon1. The highest BCUT2D eigenvalue weighted by Crippen LogP contribution is 2.39. The minimum atomic E-state index is -0.916. The quantitative estimate of drug-likeness (QED) is 0.882. The van der Waals surface area contributed by atoms with E-state index in [2.05, 4.69) is 10.5 Å². The van der Waals surface area contributed by atoms with Gasteiger partial charge in [-0.3, -0.25) is 0 Å². The lowest BCUT2D eigenvalue weighted by atomic mass is 9.85. The van der Waals surface area contributed by atoms with Crippen LogP contribution in [0.5, 0.6) is 0 Å². The number of fused-ring (bicyclic) bond motifs is 1. The Morgan fingerprint density at radius 3 is 2.95 bits per heavy atom. The van der Waals surface area contributed by atoms with Crippen molar-refractivity contribution >= 4 is 12.0 Å². The molecular formula is C14H19N3O4. The van der Waals surface area contributed by atoms with Crippen molar-refractivity contribution in [3.63, 3.8) is 0 Å². The second kappa shape index (κ2) is 5.75. The molecule has 3 atom stereocenters. The largest absolute Gasteiger partial charge is 0.480 e. The summed E-state index contributed by atoms with van der Waals surface area (Å²) >= 11 is 0. The van der Waals surface area contributed by atoms with Gasteiger partial charge in [0.1, 0.15) is 18.0 Å². The molecule has 2 fully saturated rings. The third-order valence-electron chi connectivity index (χ3n) is 4.52. The van der Waals surface area contributed by atoms with Crippen molar-refractivity contribution < 1.29 is 19.2 Å². The lowest BCUT2D eigenvalue weighted by molar-refractivity contribution is -0.141. The van der Waals surface area contributed by atoms with Crippen LogP contribution in [0.4, 0.5) is 4.79 Å². The molecule has 7 heteroatoms. The van der Waals surface area contributed by atoms with Crippen molar-refractivity contribution in [2.45, 2.75) is 50.7 Å². The van der Waals surface area contributed by atoms with Gasteiger partial charge in [0.15, 0.2) is 0 Å². The molecule has 3 rings (SSSR count). The third-order valence-corrected chi connectivity index (χ3v) is 4.52. The van der Waals surface area contributed by atoms with Gasteiger partial charge in [-0.1, -0.05) is 18.0 Å². The first-order chi connectivity index (χ1) is 10.2. The van der Waals surface area contributed by atoms with E-state index in [0.29, 0.717) is 18.0 Å². The summed E-state index contributed by atoms with van der Waals surface area (Å²) < 4.78 is 4.71. The average molecular weight is 293 g/mol. The molecule has 2 aliphatic rings. The smallest absolute Gasteiger partial charge is 0.326 e. The fraction of sp³-hybridized carbons (Fsp3) is 0.643. The van der Waals surface area contributed by atoms with Crippen LogP contribution < -0.4 is 5.32 Å². The third kappa shape index (κ3) is 2.72. The molecule has 1 aliphatic heterocycles. The molecule has 21 heavy (non-hydrogen) atoms. The molecule has 0 spiro atoms. The van der Waals surface area contributed by atoms with Crippen LogP contribution in [0.25, 0.3) is 0 Å². The van der Waals surface area contributed by atoms with Gasteiger partial charge < -0.3 is 19.8 Å². The van der Waals surface area contributed by atoms with Gasteiger partial charge in [-0.25, -0.2) is 9.59 Å². The Morgan fingerprint density at radius 1 is 1.43 bits per heavy atom. The van der Waals surface area contributed by atoms with Crippen LogP contribution in [-0.2, 0) is 11.3 Å². The zero-order valence-electron chi connectivity index (χ0n) is 11.7. The van der Waals surface area contributed by atoms with Crippen LogP contribution in [0, 0.1) is 5.92 Å². The van der Waals surface area contributed by atoms with Crippen LogP contribution in [0.15, 0.2) is 16.9 Å². The highest BCUT2D eigenvalue weighted by atomic mass is 16.5. The number of urea groups is 1. The van der Waals surface area contributed by atoms with Crippen molar-refractivity contribution in [3.05, 3.63) is 18.0 Å². The fourth-order valence-electron chi connectivity index (χ4n) is 3.56. The number of carbonyl (C=O) groups is 2. The Hall–Kier alpha value is -2.05. The van der Waals surface area contributed by atoms with E-state index in [0.717, 1.165) is 25.7 Å². The van der Waals surface area contributed by atoms with Crippen LogP contribution in [0.3, 0.4) is 0 Å². The number of amides is 2. The maximum atomic E-state index is 12.4. The van der Waals surface area contributed by atoms with E-state index >= 15 is 0 Å². The Bertz CT molecular complexity index is 516. The normalized spacial score (nSPS) is 28.2. The number of nitrogens with one attached hydrogen (secondary N) is 1. The summed E-state index contributed by atoms with van der Waals surface area (Å²) in [6.07, 6.45) is 6.10. The highest BCUT2D eigenvalue weighted by Gasteiger charge is 2.47. The number of carboxylic acids is 1. The number of rotatable bonds is 3. The predicted octanol–water partition coefficient (Wildman–Crippen LogP) is 1.60. The Balaban J connectivity index is 1.70. The molecule has 1 aromatic rings. The standard InChI is InChI=1S/C14H19N3O4/c18-13(19)12-7-9-3-1-2-4-11(9)17(12)14(20)15-8-10-5-6-21-16-10/h5-6,9,11-12H,1-4,7-8H2,(H,15,20)(H,18,19). The van der Waals surface area contributed by atoms with E-state index in [4.69, 9.17) is 4.52 Å². The van der Waals surface area contributed by atoms with E-state index in [9.17, 15) is 14.7 Å². The van der Waals surface area contributed by atoms with E-state index in [1.54, 1.807) is 6.07 Å². The van der Waals surface area contributed by atoms with Crippen LogP contribution in [0.2, 0.25) is 0 Å². The molecule has 1 aromatic heterocycles. The maximum absolute atomic E-state index is 12.4. The number of carboxylic acid groups (broad SMARTS) is 1. The summed E-state index contributed by atoms with van der Waals surface area (Å²) in [6, 6.07) is 0.690. The van der Waals surface area contributed by atoms with E-state index < -0.39 is 12.0 Å². The average Bonchev–Trinajstić information content (AvgIpc) is 3.11. The predicted molar refractivity (Wildman–Crippen MR) is 72.4 cm³/mol. The second-order valence-corrected chi connectivity index (χ2v) is 5.76. The van der Waals surface area contributed by atoms with E-state index in [1.807, 2.05) is 0 Å². The van der Waals surface area contributed by atoms with Crippen LogP contribution in [0.1, 0.15) is 37.8 Å². The van der Waals surface area contributed by atoms with Crippen molar-refractivity contribution in [1.29, 1.82) is 0 Å². The van der Waals surface area contributed by atoms with E-state index in [-0.39, 0.29) is 18.6 Å². The van der Waals surface area contributed by atoms with Gasteiger partial charge in [0.05, 0.1) is 6.54 Å². The maximum Gasteiger partial charge on any atom is 0.326 e. The molecule has 2 heterocycles. The summed E-state index contributed by atoms with van der Waals surface area (Å²) in [6.45, 7) is 0.246. The van der Waals surface area contributed by atoms with Crippen molar-refractivity contribution in [3.8, 4) is 0 Å². The van der Waals surface area contributed by atoms with Crippen molar-refractivity contribution in [2.75, 3.05) is 0 Å². The Labute approximate surface area is 122 Å². The number of aliphatic carboxylic acids is 1. The second-order valence-electron chi connectivity index (χ2n) is 5.76. The van der Waals surface area contributed by atoms with Crippen LogP contribution in [-0.4, -0.2) is 39.2 Å². The molecule has 1 aliphatic carbocycles. The molecule has 2 N–H and O–H groups in total. The summed E-state index contributed by atoms with van der Waals surface area (Å²) in [7, 11) is 0. The number of nitrogens with zero attached hydrogens (tertiary/aromatic N) is 2. The molecule has 0 radical (unpaired) electrons. The first-order valence-corrected chi connectivity index (χ1v) is 7.35. The van der Waals surface area contributed by atoms with Gasteiger partial charge >= 0.3 is 12.0 Å². The summed E-state index contributed by atoms with van der Waals surface area (Å²) in [5.41, 5.74) is 0.620. The van der Waals surface area contributed by atoms with Gasteiger partial charge in [-0.2, -0.15) is 0 Å². The molecule has 0 aromatic carbocycles. The molecule has 3 unspecified atom stereocenters. The minimum absolute atomic E-state index is 0.0529. The fourth-order valence-corrected chi connectivity index (χ4v) is 3.56. The molecule has 114 valence electrons. The molecule has 7 nitrogen and oxygen atoms in total. The van der Waals surface area contributed by atoms with Gasteiger partial charge in [-0.15, -0.1) is 0 Å². The van der Waals surface area contributed by atoms with E-state index in [1.165, 1.54) is 11.2 Å².